The Kier molecular flexibility index (Phi) is 10.1. The van der Waals surface area contributed by atoms with Gasteiger partial charge in [-0.2, -0.15) is 28.4 Å². The van der Waals surface area contributed by atoms with Crippen LogP contribution in [0.5, 0.6) is 0 Å². The summed E-state index contributed by atoms with van der Waals surface area (Å²) in [6.45, 7) is 6.46. The van der Waals surface area contributed by atoms with Crippen LogP contribution < -0.4 is 27.3 Å². The lowest BCUT2D eigenvalue weighted by Crippen LogP contribution is -2.39. The van der Waals surface area contributed by atoms with Gasteiger partial charge >= 0.3 is 6.18 Å². The molecule has 1 fully saturated rings. The van der Waals surface area contributed by atoms with Crippen molar-refractivity contribution in [2.75, 3.05) is 60.9 Å². The van der Waals surface area contributed by atoms with Gasteiger partial charge in [0.05, 0.1) is 72.5 Å². The summed E-state index contributed by atoms with van der Waals surface area (Å²) in [6.07, 6.45) is 9.11. The first-order valence-corrected chi connectivity index (χ1v) is 14.3. The molecule has 3 aromatic rings. The van der Waals surface area contributed by atoms with Crippen molar-refractivity contribution in [1.29, 1.82) is 0 Å². The topological polar surface area (TPSA) is 161 Å². The number of alkyl halides is 3. The number of allylic oxidation sites excluding steroid dienone is 5. The molecule has 3 aromatic heterocycles. The Hall–Kier alpha value is -4.80. The molecule has 1 saturated heterocycles. The molecule has 5 rings (SSSR count). The monoisotopic (exact) mass is 624 g/mol. The number of anilines is 4. The first-order chi connectivity index (χ1) is 21.6. The molecule has 13 nitrogen and oxygen atoms in total. The summed E-state index contributed by atoms with van der Waals surface area (Å²) >= 11 is 0. The SMILES string of the molecule is Cc1cn(C2C=C/C(C(F)(F)F)=C\C(Nc3ccc(/C=N/N(N)c4ncc(N)c(NCCN5CCOCC5)n4)nc3)=C/C2)cn1. The molecular formula is C29H35F3N12O. The molecule has 1 unspecified atom stereocenters. The van der Waals surface area contributed by atoms with E-state index in [1.165, 1.54) is 24.7 Å². The Bertz CT molecular complexity index is 1560. The van der Waals surface area contributed by atoms with Gasteiger partial charge in [-0.3, -0.25) is 9.88 Å². The Morgan fingerprint density at radius 1 is 1.18 bits per heavy atom. The Labute approximate surface area is 258 Å². The summed E-state index contributed by atoms with van der Waals surface area (Å²) in [4.78, 5) is 19.3. The zero-order chi connectivity index (χ0) is 31.8. The molecule has 4 heterocycles. The highest BCUT2D eigenvalue weighted by Gasteiger charge is 2.32. The Balaban J connectivity index is 1.21. The van der Waals surface area contributed by atoms with Crippen LogP contribution in [0.1, 0.15) is 23.9 Å². The lowest BCUT2D eigenvalue weighted by atomic mass is 10.0. The highest BCUT2D eigenvalue weighted by atomic mass is 19.4. The fourth-order valence-electron chi connectivity index (χ4n) is 4.61. The third kappa shape index (κ3) is 8.87. The number of hydrogen-bond donors (Lipinski definition) is 4. The molecule has 0 bridgehead atoms. The van der Waals surface area contributed by atoms with Gasteiger partial charge in [-0.1, -0.05) is 18.2 Å². The van der Waals surface area contributed by atoms with E-state index in [2.05, 4.69) is 40.6 Å². The first-order valence-electron chi connectivity index (χ1n) is 14.3. The molecule has 1 aliphatic heterocycles. The maximum absolute atomic E-state index is 13.7. The number of hydrogen-bond acceptors (Lipinski definition) is 12. The lowest BCUT2D eigenvalue weighted by molar-refractivity contribution is -0.0882. The van der Waals surface area contributed by atoms with Gasteiger partial charge < -0.3 is 25.7 Å². The fourth-order valence-corrected chi connectivity index (χ4v) is 4.61. The van der Waals surface area contributed by atoms with E-state index in [4.69, 9.17) is 16.3 Å². The summed E-state index contributed by atoms with van der Waals surface area (Å²) in [5.41, 5.74) is 7.65. The van der Waals surface area contributed by atoms with Crippen LogP contribution in [0.15, 0.2) is 77.7 Å². The van der Waals surface area contributed by atoms with Crippen LogP contribution in [0.3, 0.4) is 0 Å². The molecule has 45 heavy (non-hydrogen) atoms. The third-order valence-corrected chi connectivity index (χ3v) is 7.05. The van der Waals surface area contributed by atoms with E-state index in [1.54, 1.807) is 35.3 Å². The van der Waals surface area contributed by atoms with E-state index in [9.17, 15) is 13.2 Å². The second kappa shape index (κ2) is 14.3. The van der Waals surface area contributed by atoms with Crippen LogP contribution in [-0.2, 0) is 4.74 Å². The number of pyridine rings is 1. The van der Waals surface area contributed by atoms with Crippen molar-refractivity contribution in [3.05, 3.63) is 84.0 Å². The highest BCUT2D eigenvalue weighted by Crippen LogP contribution is 2.31. The number of aromatic nitrogens is 5. The van der Waals surface area contributed by atoms with Crippen molar-refractivity contribution >= 4 is 29.4 Å². The van der Waals surface area contributed by atoms with E-state index < -0.39 is 11.7 Å². The minimum absolute atomic E-state index is 0.120. The average molecular weight is 625 g/mol. The van der Waals surface area contributed by atoms with Crippen LogP contribution in [0.4, 0.5) is 36.3 Å². The van der Waals surface area contributed by atoms with Gasteiger partial charge in [-0.25, -0.2) is 15.8 Å². The quantitative estimate of drug-likeness (QED) is 0.149. The van der Waals surface area contributed by atoms with Gasteiger partial charge in [0.25, 0.3) is 5.95 Å². The predicted octanol–water partition coefficient (Wildman–Crippen LogP) is 3.40. The summed E-state index contributed by atoms with van der Waals surface area (Å²) in [6, 6.07) is 3.01. The number of rotatable bonds is 10. The fraction of sp³-hybridized carbons (Fsp3) is 0.345. The number of ether oxygens (including phenoxy) is 1. The predicted molar refractivity (Wildman–Crippen MR) is 166 cm³/mol. The number of hydrazine groups is 1. The van der Waals surface area contributed by atoms with Crippen LogP contribution >= 0.6 is 0 Å². The van der Waals surface area contributed by atoms with Crippen molar-refractivity contribution in [2.45, 2.75) is 25.6 Å². The summed E-state index contributed by atoms with van der Waals surface area (Å²) in [5.74, 6) is 6.62. The number of aryl methyl sites for hydroxylation is 1. The van der Waals surface area contributed by atoms with Crippen molar-refractivity contribution in [2.24, 2.45) is 10.9 Å². The number of hydrazone groups is 1. The first kappa shape index (κ1) is 31.6. The molecule has 0 aromatic carbocycles. The van der Waals surface area contributed by atoms with Crippen molar-refractivity contribution in [3.63, 3.8) is 0 Å². The average Bonchev–Trinajstić information content (AvgIpc) is 3.44. The molecular weight excluding hydrogens is 589 g/mol. The number of nitrogen functional groups attached to an aromatic ring is 1. The van der Waals surface area contributed by atoms with Gasteiger partial charge in [-0.15, -0.1) is 0 Å². The number of nitrogens with two attached hydrogens (primary N) is 2. The Morgan fingerprint density at radius 3 is 2.71 bits per heavy atom. The Morgan fingerprint density at radius 2 is 2.00 bits per heavy atom. The molecule has 0 spiro atoms. The number of nitrogens with zero attached hydrogens (tertiary/aromatic N) is 8. The molecule has 1 atom stereocenters. The van der Waals surface area contributed by atoms with Gasteiger partial charge in [0.1, 0.15) is 0 Å². The minimum atomic E-state index is -4.52. The third-order valence-electron chi connectivity index (χ3n) is 7.05. The maximum Gasteiger partial charge on any atom is 0.416 e. The zero-order valence-electron chi connectivity index (χ0n) is 24.7. The van der Waals surface area contributed by atoms with Gasteiger partial charge in [0.2, 0.25) is 0 Å². The van der Waals surface area contributed by atoms with Crippen LogP contribution in [0, 0.1) is 6.92 Å². The molecule has 0 amide bonds. The van der Waals surface area contributed by atoms with Crippen LogP contribution in [0.25, 0.3) is 0 Å². The summed E-state index contributed by atoms with van der Waals surface area (Å²) in [5, 5.41) is 11.4. The molecule has 6 N–H and O–H groups in total. The smallest absolute Gasteiger partial charge is 0.394 e. The number of nitrogens with one attached hydrogen (secondary N) is 2. The van der Waals surface area contributed by atoms with E-state index in [0.717, 1.165) is 55.8 Å². The summed E-state index contributed by atoms with van der Waals surface area (Å²) in [7, 11) is 0. The van der Waals surface area contributed by atoms with Crippen LogP contribution in [-0.4, -0.2) is 81.2 Å². The van der Waals surface area contributed by atoms with Crippen LogP contribution in [0.2, 0.25) is 0 Å². The second-order valence-electron chi connectivity index (χ2n) is 10.4. The number of imidazole rings is 1. The minimum Gasteiger partial charge on any atom is -0.394 e. The molecule has 2 aliphatic rings. The van der Waals surface area contributed by atoms with Crippen molar-refractivity contribution < 1.29 is 17.9 Å². The molecule has 0 saturated carbocycles. The van der Waals surface area contributed by atoms with Crippen molar-refractivity contribution in [3.8, 4) is 0 Å². The summed E-state index contributed by atoms with van der Waals surface area (Å²) < 4.78 is 48.4. The lowest BCUT2D eigenvalue weighted by Gasteiger charge is -2.26. The van der Waals surface area contributed by atoms with E-state index in [0.29, 0.717) is 41.5 Å². The maximum atomic E-state index is 13.7. The second-order valence-corrected chi connectivity index (χ2v) is 10.4. The molecule has 1 aliphatic carbocycles. The largest absolute Gasteiger partial charge is 0.416 e. The zero-order valence-corrected chi connectivity index (χ0v) is 24.7. The van der Waals surface area contributed by atoms with Gasteiger partial charge in [0, 0.05) is 38.1 Å². The molecule has 0 radical (unpaired) electrons. The normalized spacial score (nSPS) is 20.2. The van der Waals surface area contributed by atoms with E-state index in [1.807, 2.05) is 6.92 Å². The van der Waals surface area contributed by atoms with Gasteiger partial charge in [-0.05, 0) is 31.6 Å². The molecule has 16 heteroatoms. The van der Waals surface area contributed by atoms with E-state index >= 15 is 0 Å². The van der Waals surface area contributed by atoms with Gasteiger partial charge in [0.15, 0.2) is 5.82 Å². The number of morpholine rings is 1. The van der Waals surface area contributed by atoms with Crippen molar-refractivity contribution in [1.82, 2.24) is 29.4 Å². The number of halogens is 3. The van der Waals surface area contributed by atoms with E-state index in [-0.39, 0.29) is 12.0 Å². The highest BCUT2D eigenvalue weighted by molar-refractivity contribution is 5.78. The standard InChI is InChI=1S/C29H35F3N12O/c1-20-18-43(19-38-20)25-6-2-21(29(30,31)32)14-22(5-7-25)40-24-4-3-23(36-15-24)16-39-44(34)28-37-17-26(33)27(41-28)35-8-9-42-10-12-45-13-11-42/h2-6,14-19,25,40H,7-13,33-34H2,1H3,(H,35,37,41)/b6-2?,21-14+,22-5+,39-16+. The molecule has 238 valence electrons.